The Balaban J connectivity index is 3.17. The number of hydrogen-bond acceptors (Lipinski definition) is 1. The minimum absolute atomic E-state index is 0.671. The molecule has 8 heavy (non-hydrogen) atoms. The van der Waals surface area contributed by atoms with Gasteiger partial charge in [-0.05, 0) is 12.3 Å². The fourth-order valence-electron chi connectivity index (χ4n) is 0.784. The first kappa shape index (κ1) is 7.67. The van der Waals surface area contributed by atoms with Crippen LogP contribution in [0.4, 0.5) is 0 Å². The van der Waals surface area contributed by atoms with Crippen molar-refractivity contribution in [2.24, 2.45) is 10.9 Å². The van der Waals surface area contributed by atoms with Gasteiger partial charge in [0.2, 0.25) is 0 Å². The average molecular weight is 113 g/mol. The monoisotopic (exact) mass is 113 g/mol. The van der Waals surface area contributed by atoms with Crippen molar-refractivity contribution in [2.75, 3.05) is 7.05 Å². The number of rotatable bonds is 3. The zero-order chi connectivity index (χ0) is 6.41. The summed E-state index contributed by atoms with van der Waals surface area (Å²) in [6, 6.07) is 0. The molecule has 0 aliphatic carbocycles. The zero-order valence-corrected chi connectivity index (χ0v) is 6.02. The summed E-state index contributed by atoms with van der Waals surface area (Å²) in [4.78, 5) is 3.93. The second kappa shape index (κ2) is 4.82. The number of hydrogen-bond donors (Lipinski definition) is 0. The van der Waals surface area contributed by atoms with Gasteiger partial charge in [0.25, 0.3) is 0 Å². The molecule has 0 heterocycles. The first-order valence-corrected chi connectivity index (χ1v) is 3.23. The lowest BCUT2D eigenvalue weighted by atomic mass is 10.1. The molecule has 0 aromatic carbocycles. The molecule has 0 fully saturated rings. The predicted octanol–water partition coefficient (Wildman–Crippen LogP) is 2.12. The van der Waals surface area contributed by atoms with Gasteiger partial charge in [0.1, 0.15) is 0 Å². The first-order valence-electron chi connectivity index (χ1n) is 3.23. The Morgan fingerprint density at radius 2 is 2.25 bits per heavy atom. The zero-order valence-electron chi connectivity index (χ0n) is 6.02. The van der Waals surface area contributed by atoms with E-state index < -0.39 is 0 Å². The molecule has 1 atom stereocenters. The van der Waals surface area contributed by atoms with Gasteiger partial charge in [-0.3, -0.25) is 0 Å². The van der Waals surface area contributed by atoms with Crippen molar-refractivity contribution in [1.82, 2.24) is 0 Å². The summed E-state index contributed by atoms with van der Waals surface area (Å²) in [5.74, 6) is 0.671. The second-order valence-corrected chi connectivity index (χ2v) is 2.17. The molecule has 0 amide bonds. The molecule has 0 spiro atoms. The lowest BCUT2D eigenvalue weighted by Crippen LogP contribution is -1.93. The Labute approximate surface area is 51.8 Å². The Morgan fingerprint density at radius 1 is 1.62 bits per heavy atom. The molecule has 0 unspecified atom stereocenters. The highest BCUT2D eigenvalue weighted by Crippen LogP contribution is 2.00. The standard InChI is InChI=1S/C7H15N/c1-4-5-7(2)6-8-3/h6-7H,4-5H2,1-3H3/t7-/m1/s1. The minimum atomic E-state index is 0.671. The Kier molecular flexibility index (Phi) is 4.62. The third kappa shape index (κ3) is 3.85. The average Bonchev–Trinajstić information content (AvgIpc) is 1.68. The molecule has 0 aromatic rings. The maximum Gasteiger partial charge on any atom is 0.0273 e. The minimum Gasteiger partial charge on any atom is -0.301 e. The lowest BCUT2D eigenvalue weighted by molar-refractivity contribution is 0.677. The number of aliphatic imine (C=N–C) groups is 1. The van der Waals surface area contributed by atoms with Crippen LogP contribution in [-0.2, 0) is 0 Å². The molecule has 1 heteroatoms. The molecule has 0 saturated carbocycles. The predicted molar refractivity (Wildman–Crippen MR) is 38.5 cm³/mol. The molecule has 0 saturated heterocycles. The van der Waals surface area contributed by atoms with Gasteiger partial charge in [0.05, 0.1) is 0 Å². The van der Waals surface area contributed by atoms with Crippen LogP contribution in [0.3, 0.4) is 0 Å². The van der Waals surface area contributed by atoms with Gasteiger partial charge in [-0.15, -0.1) is 0 Å². The first-order chi connectivity index (χ1) is 3.81. The Hall–Kier alpha value is -0.330. The van der Waals surface area contributed by atoms with E-state index in [2.05, 4.69) is 18.8 Å². The SMILES string of the molecule is CCC[C@@H](C)C=NC. The third-order valence-electron chi connectivity index (χ3n) is 1.15. The molecule has 0 radical (unpaired) electrons. The Morgan fingerprint density at radius 3 is 2.62 bits per heavy atom. The van der Waals surface area contributed by atoms with E-state index >= 15 is 0 Å². The maximum atomic E-state index is 3.93. The molecule has 0 N–H and O–H groups in total. The van der Waals surface area contributed by atoms with Gasteiger partial charge >= 0.3 is 0 Å². The van der Waals surface area contributed by atoms with E-state index in [1.807, 2.05) is 13.3 Å². The van der Waals surface area contributed by atoms with Crippen molar-refractivity contribution >= 4 is 6.21 Å². The number of nitrogens with zero attached hydrogens (tertiary/aromatic N) is 1. The van der Waals surface area contributed by atoms with E-state index in [0.717, 1.165) is 0 Å². The summed E-state index contributed by atoms with van der Waals surface area (Å²) >= 11 is 0. The summed E-state index contributed by atoms with van der Waals surface area (Å²) in [7, 11) is 1.83. The van der Waals surface area contributed by atoms with E-state index in [-0.39, 0.29) is 0 Å². The Bertz CT molecular complexity index is 66.8. The van der Waals surface area contributed by atoms with Crippen LogP contribution < -0.4 is 0 Å². The van der Waals surface area contributed by atoms with Crippen LogP contribution in [0.15, 0.2) is 4.99 Å². The van der Waals surface area contributed by atoms with Gasteiger partial charge in [-0.25, -0.2) is 0 Å². The van der Waals surface area contributed by atoms with Crippen molar-refractivity contribution in [1.29, 1.82) is 0 Å². The van der Waals surface area contributed by atoms with Gasteiger partial charge < -0.3 is 4.99 Å². The molecule has 0 rings (SSSR count). The topological polar surface area (TPSA) is 12.4 Å². The molecule has 0 aliphatic heterocycles. The highest BCUT2D eigenvalue weighted by Gasteiger charge is 1.91. The van der Waals surface area contributed by atoms with Crippen LogP contribution in [-0.4, -0.2) is 13.3 Å². The van der Waals surface area contributed by atoms with Crippen LogP contribution in [0, 0.1) is 5.92 Å². The lowest BCUT2D eigenvalue weighted by Gasteiger charge is -1.98. The smallest absolute Gasteiger partial charge is 0.0273 e. The summed E-state index contributed by atoms with van der Waals surface area (Å²) in [5, 5.41) is 0. The molecule has 48 valence electrons. The molecular weight excluding hydrogens is 98.1 g/mol. The summed E-state index contributed by atoms with van der Waals surface area (Å²) in [5.41, 5.74) is 0. The highest BCUT2D eigenvalue weighted by atomic mass is 14.6. The fourth-order valence-corrected chi connectivity index (χ4v) is 0.784. The third-order valence-corrected chi connectivity index (χ3v) is 1.15. The normalized spacial score (nSPS) is 14.9. The second-order valence-electron chi connectivity index (χ2n) is 2.17. The van der Waals surface area contributed by atoms with Crippen molar-refractivity contribution in [3.8, 4) is 0 Å². The summed E-state index contributed by atoms with van der Waals surface area (Å²) < 4.78 is 0. The summed E-state index contributed by atoms with van der Waals surface area (Å²) in [6.45, 7) is 4.39. The fraction of sp³-hybridized carbons (Fsp3) is 0.857. The van der Waals surface area contributed by atoms with Gasteiger partial charge in [0.15, 0.2) is 0 Å². The molecular formula is C7H15N. The highest BCUT2D eigenvalue weighted by molar-refractivity contribution is 5.59. The van der Waals surface area contributed by atoms with Gasteiger partial charge in [-0.2, -0.15) is 0 Å². The van der Waals surface area contributed by atoms with Crippen LogP contribution in [0.5, 0.6) is 0 Å². The van der Waals surface area contributed by atoms with Crippen LogP contribution in [0.2, 0.25) is 0 Å². The van der Waals surface area contributed by atoms with Crippen molar-refractivity contribution < 1.29 is 0 Å². The largest absolute Gasteiger partial charge is 0.301 e. The molecule has 1 nitrogen and oxygen atoms in total. The van der Waals surface area contributed by atoms with E-state index in [1.54, 1.807) is 0 Å². The van der Waals surface area contributed by atoms with Gasteiger partial charge in [0, 0.05) is 13.3 Å². The molecule has 0 aliphatic rings. The van der Waals surface area contributed by atoms with Crippen molar-refractivity contribution in [3.63, 3.8) is 0 Å². The van der Waals surface area contributed by atoms with Crippen molar-refractivity contribution in [3.05, 3.63) is 0 Å². The molecule has 0 bridgehead atoms. The summed E-state index contributed by atoms with van der Waals surface area (Å²) in [6.07, 6.45) is 4.52. The van der Waals surface area contributed by atoms with Crippen LogP contribution >= 0.6 is 0 Å². The van der Waals surface area contributed by atoms with Crippen LogP contribution in [0.1, 0.15) is 26.7 Å². The molecule has 0 aromatic heterocycles. The van der Waals surface area contributed by atoms with E-state index in [9.17, 15) is 0 Å². The quantitative estimate of drug-likeness (QED) is 0.497. The maximum absolute atomic E-state index is 3.93. The van der Waals surface area contributed by atoms with E-state index in [0.29, 0.717) is 5.92 Å². The van der Waals surface area contributed by atoms with E-state index in [1.165, 1.54) is 12.8 Å². The van der Waals surface area contributed by atoms with Gasteiger partial charge in [-0.1, -0.05) is 20.3 Å². The van der Waals surface area contributed by atoms with Crippen LogP contribution in [0.25, 0.3) is 0 Å². The van der Waals surface area contributed by atoms with Crippen molar-refractivity contribution in [2.45, 2.75) is 26.7 Å². The van der Waals surface area contributed by atoms with E-state index in [4.69, 9.17) is 0 Å².